The predicted molar refractivity (Wildman–Crippen MR) is 87.0 cm³/mol. The molecule has 116 valence electrons. The first-order chi connectivity index (χ1) is 10.7. The lowest BCUT2D eigenvalue weighted by molar-refractivity contribution is 0.247. The Labute approximate surface area is 134 Å². The lowest BCUT2D eigenvalue weighted by Crippen LogP contribution is -2.32. The van der Waals surface area contributed by atoms with Crippen molar-refractivity contribution < 1.29 is 14.3 Å². The maximum absolute atomic E-state index is 11.7. The van der Waals surface area contributed by atoms with Crippen LogP contribution in [0.3, 0.4) is 0 Å². The molecule has 22 heavy (non-hydrogen) atoms. The molecule has 0 aliphatic carbocycles. The molecule has 6 heteroatoms. The molecule has 0 spiro atoms. The smallest absolute Gasteiger partial charge is 0.319 e. The number of carbonyl (C=O) groups is 1. The van der Waals surface area contributed by atoms with E-state index in [1.807, 2.05) is 18.2 Å². The molecule has 0 heterocycles. The van der Waals surface area contributed by atoms with E-state index < -0.39 is 0 Å². The summed E-state index contributed by atoms with van der Waals surface area (Å²) < 4.78 is 10.6. The Hall–Kier alpha value is -2.40. The Morgan fingerprint density at radius 2 is 1.86 bits per heavy atom. The van der Waals surface area contributed by atoms with Gasteiger partial charge < -0.3 is 20.1 Å². The number of nitrogens with one attached hydrogen (secondary N) is 2. The summed E-state index contributed by atoms with van der Waals surface area (Å²) in [5.41, 5.74) is 0.676. The minimum Gasteiger partial charge on any atom is -0.497 e. The zero-order valence-corrected chi connectivity index (χ0v) is 12.9. The Kier molecular flexibility index (Phi) is 5.91. The van der Waals surface area contributed by atoms with Gasteiger partial charge in [0, 0.05) is 16.8 Å². The highest BCUT2D eigenvalue weighted by atomic mass is 35.5. The van der Waals surface area contributed by atoms with Crippen LogP contribution in [0.1, 0.15) is 0 Å². The van der Waals surface area contributed by atoms with Crippen LogP contribution in [0.5, 0.6) is 11.5 Å². The first-order valence-electron chi connectivity index (χ1n) is 6.74. The van der Waals surface area contributed by atoms with Crippen LogP contribution in [0.2, 0.25) is 5.02 Å². The summed E-state index contributed by atoms with van der Waals surface area (Å²) in [4.78, 5) is 11.7. The second-order valence-electron chi connectivity index (χ2n) is 4.42. The van der Waals surface area contributed by atoms with E-state index in [2.05, 4.69) is 10.6 Å². The van der Waals surface area contributed by atoms with Crippen molar-refractivity contribution in [1.29, 1.82) is 0 Å². The molecule has 0 unspecified atom stereocenters. The van der Waals surface area contributed by atoms with E-state index in [1.165, 1.54) is 0 Å². The molecule has 0 bridgehead atoms. The van der Waals surface area contributed by atoms with Crippen molar-refractivity contribution in [2.45, 2.75) is 0 Å². The number of urea groups is 1. The van der Waals surface area contributed by atoms with Gasteiger partial charge in [0.15, 0.2) is 0 Å². The second kappa shape index (κ2) is 8.14. The molecule has 2 aromatic carbocycles. The molecule has 0 aliphatic rings. The number of ether oxygens (including phenoxy) is 2. The Bertz CT molecular complexity index is 617. The monoisotopic (exact) mass is 320 g/mol. The highest BCUT2D eigenvalue weighted by molar-refractivity contribution is 6.30. The van der Waals surface area contributed by atoms with E-state index in [4.69, 9.17) is 21.1 Å². The molecule has 2 rings (SSSR count). The van der Waals surface area contributed by atoms with Crippen molar-refractivity contribution >= 4 is 23.3 Å². The average Bonchev–Trinajstić information content (AvgIpc) is 2.54. The van der Waals surface area contributed by atoms with E-state index >= 15 is 0 Å². The second-order valence-corrected chi connectivity index (χ2v) is 4.85. The third kappa shape index (κ3) is 5.18. The van der Waals surface area contributed by atoms with Crippen molar-refractivity contribution in [1.82, 2.24) is 5.32 Å². The van der Waals surface area contributed by atoms with Gasteiger partial charge in [0.05, 0.1) is 13.7 Å². The summed E-state index contributed by atoms with van der Waals surface area (Å²) in [5.74, 6) is 1.42. The third-order valence-electron chi connectivity index (χ3n) is 2.80. The fraction of sp³-hybridized carbons (Fsp3) is 0.188. The van der Waals surface area contributed by atoms with Gasteiger partial charge in [-0.15, -0.1) is 0 Å². The molecule has 0 fully saturated rings. The maximum atomic E-state index is 11.7. The summed E-state index contributed by atoms with van der Waals surface area (Å²) in [6, 6.07) is 13.9. The lowest BCUT2D eigenvalue weighted by Gasteiger charge is -2.10. The highest BCUT2D eigenvalue weighted by Crippen LogP contribution is 2.18. The predicted octanol–water partition coefficient (Wildman–Crippen LogP) is 3.55. The fourth-order valence-corrected chi connectivity index (χ4v) is 1.86. The summed E-state index contributed by atoms with van der Waals surface area (Å²) in [6.45, 7) is 0.748. The summed E-state index contributed by atoms with van der Waals surface area (Å²) in [5, 5.41) is 6.03. The quantitative estimate of drug-likeness (QED) is 0.800. The van der Waals surface area contributed by atoms with Crippen LogP contribution < -0.4 is 20.1 Å². The van der Waals surface area contributed by atoms with Crippen LogP contribution in [0.4, 0.5) is 10.5 Å². The van der Waals surface area contributed by atoms with Crippen LogP contribution in [-0.4, -0.2) is 26.3 Å². The van der Waals surface area contributed by atoms with E-state index in [-0.39, 0.29) is 6.03 Å². The standard InChI is InChI=1S/C16H17ClN2O3/c1-21-14-3-2-4-15(11-14)22-10-9-18-16(20)19-13-7-5-12(17)6-8-13/h2-8,11H,9-10H2,1H3,(H2,18,19,20). The molecule has 0 saturated heterocycles. The molecule has 0 saturated carbocycles. The number of hydrogen-bond acceptors (Lipinski definition) is 3. The number of methoxy groups -OCH3 is 1. The van der Waals surface area contributed by atoms with Crippen molar-refractivity contribution in [2.24, 2.45) is 0 Å². The van der Waals surface area contributed by atoms with Gasteiger partial charge >= 0.3 is 6.03 Å². The minimum absolute atomic E-state index is 0.295. The van der Waals surface area contributed by atoms with Gasteiger partial charge in [0.1, 0.15) is 18.1 Å². The summed E-state index contributed by atoms with van der Waals surface area (Å²) in [7, 11) is 1.60. The van der Waals surface area contributed by atoms with Crippen molar-refractivity contribution in [3.8, 4) is 11.5 Å². The summed E-state index contributed by atoms with van der Waals surface area (Å²) >= 11 is 5.78. The SMILES string of the molecule is COc1cccc(OCCNC(=O)Nc2ccc(Cl)cc2)c1. The van der Waals surface area contributed by atoms with Crippen molar-refractivity contribution in [3.63, 3.8) is 0 Å². The lowest BCUT2D eigenvalue weighted by atomic mass is 10.3. The van der Waals surface area contributed by atoms with Crippen LogP contribution >= 0.6 is 11.6 Å². The number of anilines is 1. The van der Waals surface area contributed by atoms with Crippen LogP contribution in [0, 0.1) is 0 Å². The molecule has 5 nitrogen and oxygen atoms in total. The third-order valence-corrected chi connectivity index (χ3v) is 3.05. The van der Waals surface area contributed by atoms with E-state index in [1.54, 1.807) is 37.4 Å². The van der Waals surface area contributed by atoms with Crippen LogP contribution in [0.25, 0.3) is 0 Å². The number of benzene rings is 2. The van der Waals surface area contributed by atoms with E-state index in [0.29, 0.717) is 29.6 Å². The van der Waals surface area contributed by atoms with Gasteiger partial charge in [-0.25, -0.2) is 4.79 Å². The zero-order chi connectivity index (χ0) is 15.8. The molecular weight excluding hydrogens is 304 g/mol. The maximum Gasteiger partial charge on any atom is 0.319 e. The molecule has 0 aromatic heterocycles. The first-order valence-corrected chi connectivity index (χ1v) is 7.12. The van der Waals surface area contributed by atoms with Crippen LogP contribution in [-0.2, 0) is 0 Å². The Morgan fingerprint density at radius 1 is 1.14 bits per heavy atom. The van der Waals surface area contributed by atoms with Crippen LogP contribution in [0.15, 0.2) is 48.5 Å². The molecule has 0 atom stereocenters. The molecular formula is C16H17ClN2O3. The average molecular weight is 321 g/mol. The van der Waals surface area contributed by atoms with Gasteiger partial charge in [0.2, 0.25) is 0 Å². The Balaban J connectivity index is 1.69. The van der Waals surface area contributed by atoms with E-state index in [9.17, 15) is 4.79 Å². The first kappa shape index (κ1) is 16.0. The molecule has 2 aromatic rings. The van der Waals surface area contributed by atoms with Gasteiger partial charge in [0.25, 0.3) is 0 Å². The molecule has 2 amide bonds. The van der Waals surface area contributed by atoms with Gasteiger partial charge in [-0.05, 0) is 36.4 Å². The highest BCUT2D eigenvalue weighted by Gasteiger charge is 2.01. The summed E-state index contributed by atoms with van der Waals surface area (Å²) in [6.07, 6.45) is 0. The molecule has 0 aliphatic heterocycles. The minimum atomic E-state index is -0.295. The largest absolute Gasteiger partial charge is 0.497 e. The zero-order valence-electron chi connectivity index (χ0n) is 12.1. The van der Waals surface area contributed by atoms with E-state index in [0.717, 1.165) is 5.75 Å². The number of amides is 2. The van der Waals surface area contributed by atoms with Crippen molar-refractivity contribution in [3.05, 3.63) is 53.6 Å². The number of rotatable bonds is 6. The normalized spacial score (nSPS) is 9.91. The Morgan fingerprint density at radius 3 is 2.59 bits per heavy atom. The molecule has 2 N–H and O–H groups in total. The van der Waals surface area contributed by atoms with Crippen molar-refractivity contribution in [2.75, 3.05) is 25.6 Å². The number of hydrogen-bond donors (Lipinski definition) is 2. The topological polar surface area (TPSA) is 59.6 Å². The molecule has 0 radical (unpaired) electrons. The fourth-order valence-electron chi connectivity index (χ4n) is 1.73. The van der Waals surface area contributed by atoms with Gasteiger partial charge in [-0.3, -0.25) is 0 Å². The number of carbonyl (C=O) groups excluding carboxylic acids is 1. The van der Waals surface area contributed by atoms with Gasteiger partial charge in [-0.1, -0.05) is 17.7 Å². The number of halogens is 1. The van der Waals surface area contributed by atoms with Gasteiger partial charge in [-0.2, -0.15) is 0 Å².